The fourth-order valence-electron chi connectivity index (χ4n) is 5.05. The Kier molecular flexibility index (Phi) is 11.6. The van der Waals surface area contributed by atoms with Crippen molar-refractivity contribution in [1.29, 1.82) is 0 Å². The van der Waals surface area contributed by atoms with Crippen molar-refractivity contribution in [2.24, 2.45) is 27.6 Å². The molecule has 2 rings (SSSR count). The van der Waals surface area contributed by atoms with E-state index in [-0.39, 0.29) is 33.9 Å². The number of hydrogen-bond donors (Lipinski definition) is 1. The van der Waals surface area contributed by atoms with Crippen molar-refractivity contribution >= 4 is 11.4 Å². The van der Waals surface area contributed by atoms with Crippen molar-refractivity contribution < 1.29 is 9.47 Å². The largest absolute Gasteiger partial charge is 0.490 e. The highest BCUT2D eigenvalue weighted by atomic mass is 16.5. The standard InChI is InChI=1S/C37H61NO2/c1-14-36(10,11)25-32(23-34(4,5)6)39-30-19-15-28(16-20-30)38-29-17-21-31(22-18-29)40-33(24-35(7,8)9)26-37(12,13)27(2)3/h15-22,27,32-33,38H,14,23-26H2,1-13H3. The van der Waals surface area contributed by atoms with E-state index in [1.54, 1.807) is 0 Å². The maximum atomic E-state index is 6.57. The Bertz CT molecular complexity index is 1000. The minimum absolute atomic E-state index is 0.189. The minimum Gasteiger partial charge on any atom is -0.490 e. The number of nitrogens with one attached hydrogen (secondary N) is 1. The van der Waals surface area contributed by atoms with E-state index in [0.717, 1.165) is 55.0 Å². The quantitative estimate of drug-likeness (QED) is 0.253. The van der Waals surface area contributed by atoms with Gasteiger partial charge in [-0.2, -0.15) is 0 Å². The molecule has 3 nitrogen and oxygen atoms in total. The number of benzene rings is 2. The summed E-state index contributed by atoms with van der Waals surface area (Å²) in [5.41, 5.74) is 3.03. The average molecular weight is 552 g/mol. The molecule has 0 heterocycles. The average Bonchev–Trinajstić information content (AvgIpc) is 2.79. The normalized spacial score (nSPS) is 14.7. The van der Waals surface area contributed by atoms with Gasteiger partial charge in [0.05, 0.1) is 12.2 Å². The van der Waals surface area contributed by atoms with Crippen LogP contribution < -0.4 is 14.8 Å². The third kappa shape index (κ3) is 12.6. The van der Waals surface area contributed by atoms with Gasteiger partial charge in [0, 0.05) is 11.4 Å². The molecular formula is C37H61NO2. The first-order valence-corrected chi connectivity index (χ1v) is 15.6. The van der Waals surface area contributed by atoms with Gasteiger partial charge in [0.1, 0.15) is 11.5 Å². The summed E-state index contributed by atoms with van der Waals surface area (Å²) in [6.45, 7) is 30.1. The van der Waals surface area contributed by atoms with E-state index < -0.39 is 0 Å². The Hall–Kier alpha value is -2.16. The Morgan fingerprint density at radius 2 is 0.950 bits per heavy atom. The van der Waals surface area contributed by atoms with Crippen LogP contribution in [-0.4, -0.2) is 12.2 Å². The van der Waals surface area contributed by atoms with Gasteiger partial charge in [0.25, 0.3) is 0 Å². The second kappa shape index (κ2) is 13.7. The van der Waals surface area contributed by atoms with Crippen molar-refractivity contribution in [1.82, 2.24) is 0 Å². The first-order chi connectivity index (χ1) is 18.3. The van der Waals surface area contributed by atoms with Gasteiger partial charge >= 0.3 is 0 Å². The van der Waals surface area contributed by atoms with E-state index in [9.17, 15) is 0 Å². The molecule has 3 heteroatoms. The van der Waals surface area contributed by atoms with Crippen LogP contribution in [0.3, 0.4) is 0 Å². The van der Waals surface area contributed by atoms with Gasteiger partial charge in [-0.3, -0.25) is 0 Å². The summed E-state index contributed by atoms with van der Waals surface area (Å²) in [6.07, 6.45) is 5.71. The van der Waals surface area contributed by atoms with E-state index in [4.69, 9.17) is 9.47 Å². The Balaban J connectivity index is 2.06. The predicted molar refractivity (Wildman–Crippen MR) is 175 cm³/mol. The molecule has 40 heavy (non-hydrogen) atoms. The Morgan fingerprint density at radius 1 is 0.575 bits per heavy atom. The number of hydrogen-bond acceptors (Lipinski definition) is 3. The lowest BCUT2D eigenvalue weighted by Crippen LogP contribution is -2.32. The molecule has 0 aliphatic rings. The molecule has 0 saturated heterocycles. The van der Waals surface area contributed by atoms with Crippen LogP contribution in [-0.2, 0) is 0 Å². The predicted octanol–water partition coefficient (Wildman–Crippen LogP) is 11.7. The van der Waals surface area contributed by atoms with E-state index in [2.05, 4.69) is 144 Å². The fraction of sp³-hybridized carbons (Fsp3) is 0.676. The van der Waals surface area contributed by atoms with Crippen LogP contribution in [0.5, 0.6) is 11.5 Å². The molecule has 0 aromatic heterocycles. The third-order valence-electron chi connectivity index (χ3n) is 8.34. The molecular weight excluding hydrogens is 490 g/mol. The van der Waals surface area contributed by atoms with Gasteiger partial charge in [-0.15, -0.1) is 0 Å². The fourth-order valence-corrected chi connectivity index (χ4v) is 5.05. The zero-order chi connectivity index (χ0) is 30.4. The zero-order valence-corrected chi connectivity index (χ0v) is 28.2. The molecule has 2 unspecified atom stereocenters. The molecule has 226 valence electrons. The highest BCUT2D eigenvalue weighted by Crippen LogP contribution is 2.37. The van der Waals surface area contributed by atoms with Crippen molar-refractivity contribution in [2.45, 2.75) is 134 Å². The van der Waals surface area contributed by atoms with Crippen LogP contribution in [0.2, 0.25) is 0 Å². The number of anilines is 2. The molecule has 1 N–H and O–H groups in total. The van der Waals surface area contributed by atoms with Crippen molar-refractivity contribution in [3.8, 4) is 11.5 Å². The number of ether oxygens (including phenoxy) is 2. The summed E-state index contributed by atoms with van der Waals surface area (Å²) in [5.74, 6) is 2.47. The molecule has 0 saturated carbocycles. The molecule has 0 amide bonds. The summed E-state index contributed by atoms with van der Waals surface area (Å²) in [7, 11) is 0. The summed E-state index contributed by atoms with van der Waals surface area (Å²) in [5, 5.41) is 3.53. The lowest BCUT2D eigenvalue weighted by Gasteiger charge is -2.36. The Labute approximate surface area is 247 Å². The topological polar surface area (TPSA) is 30.5 Å². The maximum absolute atomic E-state index is 6.57. The lowest BCUT2D eigenvalue weighted by atomic mass is 9.74. The van der Waals surface area contributed by atoms with Gasteiger partial charge < -0.3 is 14.8 Å². The summed E-state index contributed by atoms with van der Waals surface area (Å²) in [4.78, 5) is 0. The Morgan fingerprint density at radius 3 is 1.27 bits per heavy atom. The second-order valence-corrected chi connectivity index (χ2v) is 16.3. The van der Waals surface area contributed by atoms with Crippen molar-refractivity contribution in [3.05, 3.63) is 48.5 Å². The molecule has 2 aromatic rings. The molecule has 2 atom stereocenters. The SMILES string of the molecule is CCC(C)(C)CC(CC(C)(C)C)Oc1ccc(Nc2ccc(OC(CC(C)(C)C)CC(C)(C)C(C)C)cc2)cc1. The van der Waals surface area contributed by atoms with E-state index >= 15 is 0 Å². The van der Waals surface area contributed by atoms with Crippen LogP contribution in [0, 0.1) is 27.6 Å². The van der Waals surface area contributed by atoms with Gasteiger partial charge in [0.2, 0.25) is 0 Å². The zero-order valence-electron chi connectivity index (χ0n) is 28.2. The third-order valence-corrected chi connectivity index (χ3v) is 8.34. The second-order valence-electron chi connectivity index (χ2n) is 16.3. The molecule has 0 radical (unpaired) electrons. The summed E-state index contributed by atoms with van der Waals surface area (Å²) in [6, 6.07) is 16.8. The van der Waals surface area contributed by atoms with Crippen LogP contribution >= 0.6 is 0 Å². The van der Waals surface area contributed by atoms with Crippen LogP contribution in [0.4, 0.5) is 11.4 Å². The van der Waals surface area contributed by atoms with Crippen LogP contribution in [0.1, 0.15) is 122 Å². The van der Waals surface area contributed by atoms with E-state index in [1.165, 1.54) is 0 Å². The molecule has 0 spiro atoms. The maximum Gasteiger partial charge on any atom is 0.119 e. The lowest BCUT2D eigenvalue weighted by molar-refractivity contribution is 0.0756. The first kappa shape index (κ1) is 34.0. The van der Waals surface area contributed by atoms with Crippen molar-refractivity contribution in [2.75, 3.05) is 5.32 Å². The highest BCUT2D eigenvalue weighted by Gasteiger charge is 2.30. The van der Waals surface area contributed by atoms with Crippen LogP contribution in [0.15, 0.2) is 48.5 Å². The van der Waals surface area contributed by atoms with Gasteiger partial charge in [0.15, 0.2) is 0 Å². The molecule has 2 aromatic carbocycles. The van der Waals surface area contributed by atoms with Crippen LogP contribution in [0.25, 0.3) is 0 Å². The number of rotatable bonds is 14. The molecule has 0 bridgehead atoms. The van der Waals surface area contributed by atoms with Gasteiger partial charge in [-0.1, -0.05) is 96.4 Å². The van der Waals surface area contributed by atoms with E-state index in [1.807, 2.05) is 0 Å². The molecule has 0 aliphatic carbocycles. The summed E-state index contributed by atoms with van der Waals surface area (Å²) < 4.78 is 13.1. The smallest absolute Gasteiger partial charge is 0.119 e. The van der Waals surface area contributed by atoms with E-state index in [0.29, 0.717) is 5.92 Å². The molecule has 0 aliphatic heterocycles. The van der Waals surface area contributed by atoms with Gasteiger partial charge in [-0.25, -0.2) is 0 Å². The minimum atomic E-state index is 0.189. The monoisotopic (exact) mass is 551 g/mol. The first-order valence-electron chi connectivity index (χ1n) is 15.6. The van der Waals surface area contributed by atoms with Crippen molar-refractivity contribution in [3.63, 3.8) is 0 Å². The molecule has 0 fully saturated rings. The highest BCUT2D eigenvalue weighted by molar-refractivity contribution is 5.61. The van der Waals surface area contributed by atoms with Gasteiger partial charge in [-0.05, 0) is 102 Å². The summed E-state index contributed by atoms with van der Waals surface area (Å²) >= 11 is 0.